The molecule has 10 heavy (non-hydrogen) atoms. The topological polar surface area (TPSA) is 55.8 Å². The molecular weight excluding hydrogens is 136 g/mol. The number of hydrogen-bond acceptors (Lipinski definition) is 4. The maximum Gasteiger partial charge on any atom is 0.338 e. The fourth-order valence-electron chi connectivity index (χ4n) is 0.239. The highest BCUT2D eigenvalue weighted by atomic mass is 16.6. The number of ether oxygens (including phenoxy) is 2. The quantitative estimate of drug-likeness (QED) is 0.263. The lowest BCUT2D eigenvalue weighted by Crippen LogP contribution is -1.93. The first-order valence-corrected chi connectivity index (χ1v) is 2.48. The molecule has 0 fully saturated rings. The van der Waals surface area contributed by atoms with Crippen molar-refractivity contribution in [2.24, 2.45) is 0 Å². The third-order valence-corrected chi connectivity index (χ3v) is 0.708. The maximum atomic E-state index is 10.3. The molecule has 0 aromatic heterocycles. The molecule has 0 aliphatic carbocycles. The Morgan fingerprint density at radius 2 is 2.10 bits per heavy atom. The van der Waals surface area contributed by atoms with Gasteiger partial charge in [0.1, 0.15) is 0 Å². The summed E-state index contributed by atoms with van der Waals surface area (Å²) in [6, 6.07) is 0. The van der Waals surface area contributed by atoms with Crippen LogP contribution in [0.15, 0.2) is 17.8 Å². The van der Waals surface area contributed by atoms with Crippen LogP contribution in [-0.4, -0.2) is 25.3 Å². The number of carbonyl (C=O) groups excluding carboxylic acids is 1. The monoisotopic (exact) mass is 144 g/mol. The minimum absolute atomic E-state index is 0.453. The highest BCUT2D eigenvalue weighted by molar-refractivity contribution is 5.81. The van der Waals surface area contributed by atoms with Crippen LogP contribution >= 0.6 is 0 Å². The van der Waals surface area contributed by atoms with Gasteiger partial charge in [-0.2, -0.15) is 0 Å². The van der Waals surface area contributed by atoms with Crippen LogP contribution < -0.4 is 0 Å². The summed E-state index contributed by atoms with van der Waals surface area (Å²) < 4.78 is 8.48. The van der Waals surface area contributed by atoms with Gasteiger partial charge in [-0.15, -0.1) is 0 Å². The molecule has 0 unspecified atom stereocenters. The second kappa shape index (κ2) is 4.47. The zero-order chi connectivity index (χ0) is 7.98. The number of carbonyl (C=O) groups is 1. The van der Waals surface area contributed by atoms with Gasteiger partial charge < -0.3 is 14.6 Å². The van der Waals surface area contributed by atoms with E-state index in [0.29, 0.717) is 0 Å². The van der Waals surface area contributed by atoms with Crippen molar-refractivity contribution in [3.8, 4) is 0 Å². The predicted molar refractivity (Wildman–Crippen MR) is 33.2 cm³/mol. The third-order valence-electron chi connectivity index (χ3n) is 0.708. The molecule has 0 radical (unpaired) electrons. The van der Waals surface area contributed by atoms with Gasteiger partial charge in [0.15, 0.2) is 0 Å². The van der Waals surface area contributed by atoms with Crippen LogP contribution in [0.4, 0.5) is 0 Å². The summed E-state index contributed by atoms with van der Waals surface area (Å²) in [5, 5.41) is 8.55. The van der Waals surface area contributed by atoms with E-state index >= 15 is 0 Å². The number of aliphatic hydroxyl groups is 1. The molecule has 0 aromatic rings. The minimum Gasteiger partial charge on any atom is -0.475 e. The van der Waals surface area contributed by atoms with Crippen LogP contribution in [0.3, 0.4) is 0 Å². The zero-order valence-corrected chi connectivity index (χ0v) is 5.75. The lowest BCUT2D eigenvalue weighted by molar-refractivity contribution is -0.134. The Labute approximate surface area is 58.4 Å². The molecule has 0 amide bonds. The van der Waals surface area contributed by atoms with Gasteiger partial charge in [0.2, 0.25) is 0 Å². The zero-order valence-electron chi connectivity index (χ0n) is 5.75. The smallest absolute Gasteiger partial charge is 0.338 e. The number of rotatable bonds is 2. The Kier molecular flexibility index (Phi) is 3.84. The third kappa shape index (κ3) is 3.57. The normalized spacial score (nSPS) is 7.40. The Morgan fingerprint density at radius 3 is 2.50 bits per heavy atom. The maximum absolute atomic E-state index is 10.3. The summed E-state index contributed by atoms with van der Waals surface area (Å²) >= 11 is 0. The van der Waals surface area contributed by atoms with Gasteiger partial charge >= 0.3 is 11.9 Å². The fourth-order valence-corrected chi connectivity index (χ4v) is 0.239. The first-order valence-electron chi connectivity index (χ1n) is 2.48. The van der Waals surface area contributed by atoms with Crippen LogP contribution in [0.2, 0.25) is 0 Å². The van der Waals surface area contributed by atoms with E-state index < -0.39 is 11.9 Å². The number of esters is 1. The number of hydrogen-bond donors (Lipinski definition) is 1. The lowest BCUT2D eigenvalue weighted by Gasteiger charge is -1.89. The predicted octanol–water partition coefficient (Wildman–Crippen LogP) is 0.360. The van der Waals surface area contributed by atoms with Gasteiger partial charge in [0, 0.05) is 0 Å². The molecule has 0 saturated carbocycles. The van der Waals surface area contributed by atoms with Crippen LogP contribution in [0.25, 0.3) is 0 Å². The number of methoxy groups -OCH3 is 2. The van der Waals surface area contributed by atoms with Crippen molar-refractivity contribution in [2.45, 2.75) is 0 Å². The fraction of sp³-hybridized carbons (Fsp3) is 0.333. The van der Waals surface area contributed by atoms with Crippen molar-refractivity contribution in [3.05, 3.63) is 17.8 Å². The highest BCUT2D eigenvalue weighted by Crippen LogP contribution is 1.83. The Hall–Kier alpha value is -1.41. The van der Waals surface area contributed by atoms with Gasteiger partial charge in [-0.25, -0.2) is 4.79 Å². The summed E-state index contributed by atoms with van der Waals surface area (Å²) in [5.41, 5.74) is 2.13. The molecule has 0 aliphatic heterocycles. The second-order valence-corrected chi connectivity index (χ2v) is 1.32. The Morgan fingerprint density at radius 1 is 1.50 bits per heavy atom. The van der Waals surface area contributed by atoms with E-state index in [1.807, 2.05) is 0 Å². The SMILES string of the molecule is COC(=O)C=C=C(O)OC. The van der Waals surface area contributed by atoms with Crippen LogP contribution in [0.1, 0.15) is 0 Å². The molecule has 0 atom stereocenters. The van der Waals surface area contributed by atoms with Gasteiger partial charge in [-0.05, 0) is 5.73 Å². The lowest BCUT2D eigenvalue weighted by atomic mass is 10.6. The van der Waals surface area contributed by atoms with Crippen LogP contribution in [-0.2, 0) is 14.3 Å². The van der Waals surface area contributed by atoms with Crippen LogP contribution in [0, 0.1) is 0 Å². The van der Waals surface area contributed by atoms with Gasteiger partial charge in [-0.1, -0.05) is 0 Å². The largest absolute Gasteiger partial charge is 0.475 e. The first kappa shape index (κ1) is 8.59. The molecule has 56 valence electrons. The van der Waals surface area contributed by atoms with Gasteiger partial charge in [0.25, 0.3) is 0 Å². The van der Waals surface area contributed by atoms with Crippen molar-refractivity contribution in [3.63, 3.8) is 0 Å². The average Bonchev–Trinajstić information content (AvgIpc) is 1.99. The second-order valence-electron chi connectivity index (χ2n) is 1.32. The van der Waals surface area contributed by atoms with E-state index in [1.54, 1.807) is 0 Å². The van der Waals surface area contributed by atoms with E-state index in [0.717, 1.165) is 6.08 Å². The van der Waals surface area contributed by atoms with E-state index in [1.165, 1.54) is 14.2 Å². The van der Waals surface area contributed by atoms with E-state index in [9.17, 15) is 4.79 Å². The summed E-state index contributed by atoms with van der Waals surface area (Å²) in [5.74, 6) is -1.05. The van der Waals surface area contributed by atoms with E-state index in [2.05, 4.69) is 15.2 Å². The molecule has 4 nitrogen and oxygen atoms in total. The van der Waals surface area contributed by atoms with Crippen LogP contribution in [0.5, 0.6) is 0 Å². The Bertz CT molecular complexity index is 176. The summed E-state index contributed by atoms with van der Waals surface area (Å²) in [4.78, 5) is 10.3. The van der Waals surface area contributed by atoms with Gasteiger partial charge in [-0.3, -0.25) is 0 Å². The van der Waals surface area contributed by atoms with E-state index in [4.69, 9.17) is 5.11 Å². The summed E-state index contributed by atoms with van der Waals surface area (Å²) in [6.45, 7) is 0. The van der Waals surface area contributed by atoms with Crippen molar-refractivity contribution >= 4 is 5.97 Å². The molecule has 0 spiro atoms. The van der Waals surface area contributed by atoms with Crippen molar-refractivity contribution < 1.29 is 19.4 Å². The van der Waals surface area contributed by atoms with Crippen molar-refractivity contribution in [1.82, 2.24) is 0 Å². The van der Waals surface area contributed by atoms with Gasteiger partial charge in [0.05, 0.1) is 20.3 Å². The molecule has 0 rings (SSSR count). The summed E-state index contributed by atoms with van der Waals surface area (Å²) in [7, 11) is 2.48. The summed E-state index contributed by atoms with van der Waals surface area (Å²) in [6.07, 6.45) is 0.929. The van der Waals surface area contributed by atoms with Crippen molar-refractivity contribution in [2.75, 3.05) is 14.2 Å². The van der Waals surface area contributed by atoms with Crippen molar-refractivity contribution in [1.29, 1.82) is 0 Å². The Balaban J connectivity index is 4.08. The molecule has 0 saturated heterocycles. The highest BCUT2D eigenvalue weighted by Gasteiger charge is 1.89. The minimum atomic E-state index is -0.594. The molecule has 0 bridgehead atoms. The molecule has 0 aliphatic rings. The average molecular weight is 144 g/mol. The molecule has 0 heterocycles. The number of aliphatic hydroxyl groups excluding tert-OH is 1. The molecule has 1 N–H and O–H groups in total. The van der Waals surface area contributed by atoms with E-state index in [-0.39, 0.29) is 0 Å². The molecule has 4 heteroatoms. The molecular formula is C6H8O4. The standard InChI is InChI=1S/C6H8O4/c1-9-5(7)3-4-6(8)10-2/h3,8H,1-2H3. The molecule has 0 aromatic carbocycles. The first-order chi connectivity index (χ1) is 4.70.